The molecule has 0 spiro atoms. The highest BCUT2D eigenvalue weighted by molar-refractivity contribution is 5.87. The molecule has 0 aliphatic carbocycles. The minimum Gasteiger partial charge on any atom is -0.478 e. The lowest BCUT2D eigenvalue weighted by Gasteiger charge is -2.08. The Balaban J connectivity index is 2.11. The van der Waals surface area contributed by atoms with Gasteiger partial charge in [0, 0.05) is 18.3 Å². The minimum atomic E-state index is -1.29. The first kappa shape index (κ1) is 13.9. The van der Waals surface area contributed by atoms with Gasteiger partial charge >= 0.3 is 5.97 Å². The summed E-state index contributed by atoms with van der Waals surface area (Å²) in [7, 11) is 0. The molecule has 104 valence electrons. The second kappa shape index (κ2) is 5.60. The maximum Gasteiger partial charge on any atom is 0.337 e. The standard InChI is InChI=1S/C13H9F3N2O2/c14-8-3-10(15)12(16)11(4-8)18-6-9-2-1-7(5-17-9)13(19)20/h1-5,18H,6H2,(H,19,20). The summed E-state index contributed by atoms with van der Waals surface area (Å²) in [5.41, 5.74) is 0.0856. The molecule has 2 aromatic rings. The van der Waals surface area contributed by atoms with Crippen LogP contribution in [0.5, 0.6) is 0 Å². The fourth-order valence-corrected chi connectivity index (χ4v) is 1.53. The summed E-state index contributed by atoms with van der Waals surface area (Å²) in [6.45, 7) is -0.000285. The minimum absolute atomic E-state index is 0.000285. The van der Waals surface area contributed by atoms with E-state index in [-0.39, 0.29) is 17.8 Å². The number of nitrogens with zero attached hydrogens (tertiary/aromatic N) is 1. The molecule has 1 heterocycles. The number of nitrogens with one attached hydrogen (secondary N) is 1. The lowest BCUT2D eigenvalue weighted by molar-refractivity contribution is 0.0696. The van der Waals surface area contributed by atoms with E-state index in [2.05, 4.69) is 10.3 Å². The van der Waals surface area contributed by atoms with Gasteiger partial charge < -0.3 is 10.4 Å². The number of carboxylic acids is 1. The van der Waals surface area contributed by atoms with Crippen LogP contribution in [0, 0.1) is 17.5 Å². The maximum atomic E-state index is 13.4. The van der Waals surface area contributed by atoms with Gasteiger partial charge in [-0.25, -0.2) is 18.0 Å². The predicted octanol–water partition coefficient (Wildman–Crippen LogP) is 2.81. The molecule has 0 aliphatic heterocycles. The molecule has 1 aromatic carbocycles. The summed E-state index contributed by atoms with van der Waals surface area (Å²) in [5.74, 6) is -4.49. The number of pyridine rings is 1. The molecule has 0 radical (unpaired) electrons. The summed E-state index contributed by atoms with van der Waals surface area (Å²) in [5, 5.41) is 11.2. The number of hydrogen-bond donors (Lipinski definition) is 2. The summed E-state index contributed by atoms with van der Waals surface area (Å²) in [4.78, 5) is 14.5. The van der Waals surface area contributed by atoms with Crippen molar-refractivity contribution < 1.29 is 23.1 Å². The van der Waals surface area contributed by atoms with Crippen LogP contribution in [0.1, 0.15) is 16.1 Å². The average Bonchev–Trinajstić information content (AvgIpc) is 2.41. The number of aromatic carboxylic acids is 1. The quantitative estimate of drug-likeness (QED) is 0.846. The van der Waals surface area contributed by atoms with Crippen LogP contribution < -0.4 is 5.32 Å². The van der Waals surface area contributed by atoms with Crippen LogP contribution in [0.4, 0.5) is 18.9 Å². The fourth-order valence-electron chi connectivity index (χ4n) is 1.53. The van der Waals surface area contributed by atoms with Crippen molar-refractivity contribution in [2.24, 2.45) is 0 Å². The Kier molecular flexibility index (Phi) is 3.88. The van der Waals surface area contributed by atoms with E-state index in [0.717, 1.165) is 12.3 Å². The second-order valence-corrected chi connectivity index (χ2v) is 3.95. The molecule has 4 nitrogen and oxygen atoms in total. The van der Waals surface area contributed by atoms with Gasteiger partial charge in [-0.05, 0) is 12.1 Å². The number of aromatic nitrogens is 1. The van der Waals surface area contributed by atoms with Gasteiger partial charge in [-0.2, -0.15) is 0 Å². The molecule has 0 saturated heterocycles. The lowest BCUT2D eigenvalue weighted by Crippen LogP contribution is -2.06. The first-order valence-electron chi connectivity index (χ1n) is 5.54. The zero-order chi connectivity index (χ0) is 14.7. The zero-order valence-corrected chi connectivity index (χ0v) is 10.0. The molecule has 20 heavy (non-hydrogen) atoms. The van der Waals surface area contributed by atoms with Gasteiger partial charge in [0.2, 0.25) is 0 Å². The van der Waals surface area contributed by atoms with Crippen LogP contribution in [-0.2, 0) is 6.54 Å². The van der Waals surface area contributed by atoms with Crippen molar-refractivity contribution in [2.45, 2.75) is 6.54 Å². The van der Waals surface area contributed by atoms with Crippen molar-refractivity contribution in [2.75, 3.05) is 5.32 Å². The number of rotatable bonds is 4. The molecule has 1 aromatic heterocycles. The predicted molar refractivity (Wildman–Crippen MR) is 64.8 cm³/mol. The van der Waals surface area contributed by atoms with Crippen LogP contribution in [0.15, 0.2) is 30.5 Å². The van der Waals surface area contributed by atoms with E-state index in [1.165, 1.54) is 12.1 Å². The molecule has 0 bridgehead atoms. The highest BCUT2D eigenvalue weighted by atomic mass is 19.2. The van der Waals surface area contributed by atoms with Crippen LogP contribution in [0.2, 0.25) is 0 Å². The molecule has 2 N–H and O–H groups in total. The van der Waals surface area contributed by atoms with E-state index < -0.39 is 23.4 Å². The van der Waals surface area contributed by atoms with E-state index in [4.69, 9.17) is 5.11 Å². The van der Waals surface area contributed by atoms with Crippen molar-refractivity contribution in [3.05, 3.63) is 59.2 Å². The molecule has 0 unspecified atom stereocenters. The van der Waals surface area contributed by atoms with Gasteiger partial charge in [0.15, 0.2) is 11.6 Å². The van der Waals surface area contributed by atoms with Crippen molar-refractivity contribution in [1.82, 2.24) is 4.98 Å². The van der Waals surface area contributed by atoms with E-state index in [0.29, 0.717) is 11.8 Å². The molecule has 0 amide bonds. The van der Waals surface area contributed by atoms with Gasteiger partial charge in [-0.1, -0.05) is 0 Å². The van der Waals surface area contributed by atoms with Crippen molar-refractivity contribution in [1.29, 1.82) is 0 Å². The van der Waals surface area contributed by atoms with Crippen LogP contribution >= 0.6 is 0 Å². The Hall–Kier alpha value is -2.57. The molecule has 0 saturated carbocycles. The number of carbonyl (C=O) groups is 1. The van der Waals surface area contributed by atoms with Gasteiger partial charge in [0.05, 0.1) is 23.5 Å². The number of anilines is 1. The molecular formula is C13H9F3N2O2. The average molecular weight is 282 g/mol. The SMILES string of the molecule is O=C(O)c1ccc(CNc2cc(F)cc(F)c2F)nc1. The van der Waals surface area contributed by atoms with Gasteiger partial charge in [-0.15, -0.1) is 0 Å². The molecule has 2 rings (SSSR count). The third-order valence-corrected chi connectivity index (χ3v) is 2.52. The van der Waals surface area contributed by atoms with Crippen LogP contribution in [0.3, 0.4) is 0 Å². The fraction of sp³-hybridized carbons (Fsp3) is 0.0769. The normalized spacial score (nSPS) is 10.3. The maximum absolute atomic E-state index is 13.4. The molecule has 0 fully saturated rings. The number of benzene rings is 1. The Bertz CT molecular complexity index is 645. The summed E-state index contributed by atoms with van der Waals surface area (Å²) in [6.07, 6.45) is 1.14. The summed E-state index contributed by atoms with van der Waals surface area (Å²) in [6, 6.07) is 4.02. The van der Waals surface area contributed by atoms with Crippen molar-refractivity contribution in [3.8, 4) is 0 Å². The third-order valence-electron chi connectivity index (χ3n) is 2.52. The number of hydrogen-bond acceptors (Lipinski definition) is 3. The summed E-state index contributed by atoms with van der Waals surface area (Å²) < 4.78 is 39.3. The number of halogens is 3. The molecule has 0 atom stereocenters. The van der Waals surface area contributed by atoms with E-state index >= 15 is 0 Å². The highest BCUT2D eigenvalue weighted by Gasteiger charge is 2.11. The second-order valence-electron chi connectivity index (χ2n) is 3.95. The monoisotopic (exact) mass is 282 g/mol. The van der Waals surface area contributed by atoms with Gasteiger partial charge in [0.25, 0.3) is 0 Å². The van der Waals surface area contributed by atoms with E-state index in [1.807, 2.05) is 0 Å². The zero-order valence-electron chi connectivity index (χ0n) is 10.0. The smallest absolute Gasteiger partial charge is 0.337 e. The highest BCUT2D eigenvalue weighted by Crippen LogP contribution is 2.19. The first-order valence-corrected chi connectivity index (χ1v) is 5.54. The van der Waals surface area contributed by atoms with Gasteiger partial charge in [-0.3, -0.25) is 4.98 Å². The Labute approximate surface area is 111 Å². The Morgan fingerprint density at radius 2 is 2.00 bits per heavy atom. The summed E-state index contributed by atoms with van der Waals surface area (Å²) >= 11 is 0. The van der Waals surface area contributed by atoms with Crippen molar-refractivity contribution >= 4 is 11.7 Å². The van der Waals surface area contributed by atoms with E-state index in [1.54, 1.807) is 0 Å². The Morgan fingerprint density at radius 3 is 2.60 bits per heavy atom. The molecular weight excluding hydrogens is 273 g/mol. The first-order chi connectivity index (χ1) is 9.47. The number of carboxylic acid groups (broad SMARTS) is 1. The van der Waals surface area contributed by atoms with Crippen LogP contribution in [0.25, 0.3) is 0 Å². The largest absolute Gasteiger partial charge is 0.478 e. The van der Waals surface area contributed by atoms with Crippen molar-refractivity contribution in [3.63, 3.8) is 0 Å². The van der Waals surface area contributed by atoms with E-state index in [9.17, 15) is 18.0 Å². The third kappa shape index (κ3) is 3.05. The molecule has 0 aliphatic rings. The topological polar surface area (TPSA) is 62.2 Å². The lowest BCUT2D eigenvalue weighted by atomic mass is 10.2. The van der Waals surface area contributed by atoms with Gasteiger partial charge in [0.1, 0.15) is 5.82 Å². The Morgan fingerprint density at radius 1 is 1.25 bits per heavy atom. The van der Waals surface area contributed by atoms with Crippen LogP contribution in [-0.4, -0.2) is 16.1 Å². The molecule has 7 heteroatoms.